The lowest BCUT2D eigenvalue weighted by atomic mass is 9.86. The van der Waals surface area contributed by atoms with Crippen molar-refractivity contribution in [3.63, 3.8) is 0 Å². The van der Waals surface area contributed by atoms with Crippen LogP contribution in [0.4, 0.5) is 13.6 Å². The van der Waals surface area contributed by atoms with Crippen molar-refractivity contribution in [2.45, 2.75) is 51.0 Å². The van der Waals surface area contributed by atoms with Crippen LogP contribution in [0, 0.1) is 23.5 Å². The van der Waals surface area contributed by atoms with E-state index < -0.39 is 17.6 Å². The average Bonchev–Trinajstić information content (AvgIpc) is 2.66. The summed E-state index contributed by atoms with van der Waals surface area (Å²) in [6, 6.07) is 3.99. The number of carbonyl (C=O) groups excluding carboxylic acids is 1. The number of carboxylic acids is 1. The molecule has 0 spiro atoms. The standard InChI is InChI=1S/C20H26F2N2O3/c21-17-6-1-14(12-18(17)22)11-13-7-9-24(10-8-13)20(27)23-16-4-2-15(3-5-16)19(25)26/h1,6,12-13,15-16H,2-5,7-11H2,(H,23,27)(H,25,26). The van der Waals surface area contributed by atoms with E-state index in [1.807, 2.05) is 0 Å². The highest BCUT2D eigenvalue weighted by molar-refractivity contribution is 5.74. The number of benzene rings is 1. The Labute approximate surface area is 157 Å². The molecule has 0 bridgehead atoms. The summed E-state index contributed by atoms with van der Waals surface area (Å²) in [6.07, 6.45) is 4.97. The van der Waals surface area contributed by atoms with Crippen LogP contribution < -0.4 is 5.32 Å². The lowest BCUT2D eigenvalue weighted by Crippen LogP contribution is -2.49. The second-order valence-electron chi connectivity index (χ2n) is 7.72. The number of aliphatic carboxylic acids is 1. The van der Waals surface area contributed by atoms with Crippen LogP contribution in [0.5, 0.6) is 0 Å². The maximum Gasteiger partial charge on any atom is 0.317 e. The fourth-order valence-corrected chi connectivity index (χ4v) is 4.09. The molecule has 0 unspecified atom stereocenters. The van der Waals surface area contributed by atoms with E-state index in [0.29, 0.717) is 51.1 Å². The Morgan fingerprint density at radius 2 is 1.70 bits per heavy atom. The Kier molecular flexibility index (Phi) is 6.29. The van der Waals surface area contributed by atoms with Gasteiger partial charge in [0.15, 0.2) is 11.6 Å². The molecule has 27 heavy (non-hydrogen) atoms. The summed E-state index contributed by atoms with van der Waals surface area (Å²) < 4.78 is 26.3. The number of likely N-dealkylation sites (tertiary alicyclic amines) is 1. The van der Waals surface area contributed by atoms with E-state index in [1.54, 1.807) is 11.0 Å². The number of carbonyl (C=O) groups is 2. The van der Waals surface area contributed by atoms with Crippen LogP contribution in [0.25, 0.3) is 0 Å². The topological polar surface area (TPSA) is 69.6 Å². The fraction of sp³-hybridized carbons (Fsp3) is 0.600. The number of nitrogens with zero attached hydrogens (tertiary/aromatic N) is 1. The van der Waals surface area contributed by atoms with Crippen molar-refractivity contribution >= 4 is 12.0 Å². The lowest BCUT2D eigenvalue weighted by Gasteiger charge is -2.34. The zero-order chi connectivity index (χ0) is 19.4. The summed E-state index contributed by atoms with van der Waals surface area (Å²) in [4.78, 5) is 25.2. The van der Waals surface area contributed by atoms with E-state index in [4.69, 9.17) is 5.11 Å². The lowest BCUT2D eigenvalue weighted by molar-refractivity contribution is -0.142. The predicted octanol–water partition coefficient (Wildman–Crippen LogP) is 3.57. The number of urea groups is 1. The van der Waals surface area contributed by atoms with E-state index >= 15 is 0 Å². The van der Waals surface area contributed by atoms with Crippen molar-refractivity contribution in [2.75, 3.05) is 13.1 Å². The first kappa shape index (κ1) is 19.6. The smallest absolute Gasteiger partial charge is 0.317 e. The monoisotopic (exact) mass is 380 g/mol. The second-order valence-corrected chi connectivity index (χ2v) is 7.72. The maximum atomic E-state index is 13.3. The van der Waals surface area contributed by atoms with Gasteiger partial charge in [0.05, 0.1) is 5.92 Å². The van der Waals surface area contributed by atoms with Gasteiger partial charge in [-0.25, -0.2) is 13.6 Å². The van der Waals surface area contributed by atoms with Gasteiger partial charge in [-0.1, -0.05) is 6.07 Å². The zero-order valence-corrected chi connectivity index (χ0v) is 15.3. The van der Waals surface area contributed by atoms with Gasteiger partial charge in [0.2, 0.25) is 0 Å². The highest BCUT2D eigenvalue weighted by Crippen LogP contribution is 2.26. The van der Waals surface area contributed by atoms with Crippen LogP contribution in [0.15, 0.2) is 18.2 Å². The minimum absolute atomic E-state index is 0.0491. The van der Waals surface area contributed by atoms with E-state index in [2.05, 4.69) is 5.32 Å². The fourth-order valence-electron chi connectivity index (χ4n) is 4.09. The SMILES string of the molecule is O=C(O)C1CCC(NC(=O)N2CCC(Cc3ccc(F)c(F)c3)CC2)CC1. The van der Waals surface area contributed by atoms with Crippen LogP contribution in [0.1, 0.15) is 44.1 Å². The van der Waals surface area contributed by atoms with Gasteiger partial charge in [-0.3, -0.25) is 4.79 Å². The summed E-state index contributed by atoms with van der Waals surface area (Å²) in [5.74, 6) is -2.33. The quantitative estimate of drug-likeness (QED) is 0.839. The molecule has 1 heterocycles. The van der Waals surface area contributed by atoms with Crippen molar-refractivity contribution in [3.8, 4) is 0 Å². The molecule has 2 amide bonds. The first-order valence-corrected chi connectivity index (χ1v) is 9.64. The molecular weight excluding hydrogens is 354 g/mol. The normalized spacial score (nSPS) is 23.9. The van der Waals surface area contributed by atoms with E-state index in [-0.39, 0.29) is 18.0 Å². The van der Waals surface area contributed by atoms with Crippen molar-refractivity contribution in [3.05, 3.63) is 35.4 Å². The average molecular weight is 380 g/mol. The molecule has 1 aliphatic carbocycles. The number of nitrogens with one attached hydrogen (secondary N) is 1. The minimum atomic E-state index is -0.831. The Balaban J connectivity index is 1.41. The van der Waals surface area contributed by atoms with Gasteiger partial charge in [0.25, 0.3) is 0 Å². The molecule has 1 aliphatic heterocycles. The van der Waals surface area contributed by atoms with E-state index in [0.717, 1.165) is 24.5 Å². The predicted molar refractivity (Wildman–Crippen MR) is 96.3 cm³/mol. The molecule has 0 radical (unpaired) electrons. The number of carboxylic acid groups (broad SMARTS) is 1. The molecule has 1 aromatic rings. The first-order chi connectivity index (χ1) is 12.9. The van der Waals surface area contributed by atoms with Gasteiger partial charge in [-0.15, -0.1) is 0 Å². The van der Waals surface area contributed by atoms with Gasteiger partial charge >= 0.3 is 12.0 Å². The molecule has 0 atom stereocenters. The van der Waals surface area contributed by atoms with Crippen LogP contribution in [0.3, 0.4) is 0 Å². The molecule has 2 aliphatic rings. The molecule has 1 saturated heterocycles. The second kappa shape index (κ2) is 8.67. The van der Waals surface area contributed by atoms with Gasteiger partial charge in [0.1, 0.15) is 0 Å². The molecule has 2 fully saturated rings. The summed E-state index contributed by atoms with van der Waals surface area (Å²) in [7, 11) is 0. The number of amides is 2. The number of piperidine rings is 1. The molecule has 1 aromatic carbocycles. The Morgan fingerprint density at radius 3 is 2.30 bits per heavy atom. The summed E-state index contributed by atoms with van der Waals surface area (Å²) in [6.45, 7) is 1.29. The van der Waals surface area contributed by atoms with Crippen molar-refractivity contribution < 1.29 is 23.5 Å². The molecule has 7 heteroatoms. The largest absolute Gasteiger partial charge is 0.481 e. The molecule has 2 N–H and O–H groups in total. The molecule has 148 valence electrons. The van der Waals surface area contributed by atoms with Crippen LogP contribution in [0.2, 0.25) is 0 Å². The molecular formula is C20H26F2N2O3. The highest BCUT2D eigenvalue weighted by atomic mass is 19.2. The Hall–Kier alpha value is -2.18. The zero-order valence-electron chi connectivity index (χ0n) is 15.3. The molecule has 0 aromatic heterocycles. The van der Waals surface area contributed by atoms with Crippen molar-refractivity contribution in [1.29, 1.82) is 0 Å². The number of hydrogen-bond donors (Lipinski definition) is 2. The highest BCUT2D eigenvalue weighted by Gasteiger charge is 2.29. The summed E-state index contributed by atoms with van der Waals surface area (Å²) in [5, 5.41) is 12.1. The summed E-state index contributed by atoms with van der Waals surface area (Å²) in [5.41, 5.74) is 0.784. The Morgan fingerprint density at radius 1 is 1.04 bits per heavy atom. The maximum absolute atomic E-state index is 13.3. The first-order valence-electron chi connectivity index (χ1n) is 9.64. The van der Waals surface area contributed by atoms with Gasteiger partial charge in [-0.05, 0) is 68.6 Å². The van der Waals surface area contributed by atoms with Crippen LogP contribution in [-0.4, -0.2) is 41.1 Å². The van der Waals surface area contributed by atoms with Gasteiger partial charge in [0, 0.05) is 19.1 Å². The number of halogens is 2. The van der Waals surface area contributed by atoms with Crippen LogP contribution in [-0.2, 0) is 11.2 Å². The van der Waals surface area contributed by atoms with E-state index in [9.17, 15) is 18.4 Å². The number of hydrogen-bond acceptors (Lipinski definition) is 2. The third kappa shape index (κ3) is 5.17. The number of rotatable bonds is 4. The van der Waals surface area contributed by atoms with Crippen molar-refractivity contribution in [1.82, 2.24) is 10.2 Å². The third-order valence-corrected chi connectivity index (χ3v) is 5.81. The molecule has 1 saturated carbocycles. The molecule has 3 rings (SSSR count). The summed E-state index contributed by atoms with van der Waals surface area (Å²) >= 11 is 0. The Bertz CT molecular complexity index is 682. The minimum Gasteiger partial charge on any atom is -0.481 e. The third-order valence-electron chi connectivity index (χ3n) is 5.81. The molecule has 5 nitrogen and oxygen atoms in total. The van der Waals surface area contributed by atoms with Gasteiger partial charge in [-0.2, -0.15) is 0 Å². The van der Waals surface area contributed by atoms with Gasteiger partial charge < -0.3 is 15.3 Å². The van der Waals surface area contributed by atoms with E-state index in [1.165, 1.54) is 6.07 Å². The van der Waals surface area contributed by atoms with Crippen LogP contribution >= 0.6 is 0 Å². The van der Waals surface area contributed by atoms with Crippen molar-refractivity contribution in [2.24, 2.45) is 11.8 Å².